The van der Waals surface area contributed by atoms with Gasteiger partial charge in [-0.3, -0.25) is 9.69 Å². The average molecular weight is 476 g/mol. The van der Waals surface area contributed by atoms with Crippen molar-refractivity contribution in [2.45, 2.75) is 18.7 Å². The number of methoxy groups -OCH3 is 2. The molecule has 0 saturated carbocycles. The molecule has 3 aromatic carbocycles. The van der Waals surface area contributed by atoms with Crippen LogP contribution in [0.1, 0.15) is 18.5 Å². The second kappa shape index (κ2) is 8.53. The summed E-state index contributed by atoms with van der Waals surface area (Å²) in [6, 6.07) is 22.2. The number of fused-ring (bicyclic) bond motifs is 4. The molecule has 1 fully saturated rings. The Kier molecular flexibility index (Phi) is 5.53. The van der Waals surface area contributed by atoms with E-state index in [-0.39, 0.29) is 5.91 Å². The summed E-state index contributed by atoms with van der Waals surface area (Å²) in [5, 5.41) is 6.94. The van der Waals surface area contributed by atoms with Gasteiger partial charge in [0, 0.05) is 16.9 Å². The largest absolute Gasteiger partial charge is 0.497 e. The molecule has 2 heterocycles. The number of carbonyl (C=O) groups excluding carboxylic acids is 1. The summed E-state index contributed by atoms with van der Waals surface area (Å²) in [7, 11) is 3.21. The molecule has 0 aliphatic carbocycles. The SMILES string of the molecule is COc1ccc(NC(=O)[C@H]2[C@@H]3NC(=S)N(c4ccccc4)[C@@]2(C)Oc2c(OC)cccc23)cc1. The number of nitrogens with one attached hydrogen (secondary N) is 2. The first kappa shape index (κ1) is 22.0. The number of ether oxygens (including phenoxy) is 3. The summed E-state index contributed by atoms with van der Waals surface area (Å²) in [6.45, 7) is 1.90. The highest BCUT2D eigenvalue weighted by Crippen LogP contribution is 2.52. The van der Waals surface area contributed by atoms with Crippen LogP contribution in [0.4, 0.5) is 11.4 Å². The van der Waals surface area contributed by atoms with Gasteiger partial charge in [-0.1, -0.05) is 30.3 Å². The van der Waals surface area contributed by atoms with E-state index in [0.29, 0.717) is 28.0 Å². The molecule has 0 unspecified atom stereocenters. The van der Waals surface area contributed by atoms with Gasteiger partial charge in [0.05, 0.1) is 20.3 Å². The van der Waals surface area contributed by atoms with E-state index < -0.39 is 17.7 Å². The van der Waals surface area contributed by atoms with E-state index in [1.165, 1.54) is 0 Å². The number of rotatable bonds is 5. The summed E-state index contributed by atoms with van der Waals surface area (Å²) in [5.74, 6) is 1.08. The van der Waals surface area contributed by atoms with Gasteiger partial charge in [0.2, 0.25) is 5.91 Å². The average Bonchev–Trinajstić information content (AvgIpc) is 2.84. The summed E-state index contributed by atoms with van der Waals surface area (Å²) < 4.78 is 17.5. The number of anilines is 2. The Hall–Kier alpha value is -3.78. The number of amides is 1. The van der Waals surface area contributed by atoms with E-state index in [2.05, 4.69) is 10.6 Å². The highest BCUT2D eigenvalue weighted by Gasteiger charge is 2.59. The molecule has 0 spiro atoms. The van der Waals surface area contributed by atoms with Crippen molar-refractivity contribution in [2.24, 2.45) is 5.92 Å². The fourth-order valence-corrected chi connectivity index (χ4v) is 5.20. The second-order valence-corrected chi connectivity index (χ2v) is 8.72. The van der Waals surface area contributed by atoms with E-state index in [1.54, 1.807) is 26.4 Å². The molecule has 1 amide bonds. The Morgan fingerprint density at radius 3 is 2.44 bits per heavy atom. The minimum Gasteiger partial charge on any atom is -0.497 e. The van der Waals surface area contributed by atoms with E-state index in [1.807, 2.05) is 72.5 Å². The molecular formula is C26H25N3O4S. The lowest BCUT2D eigenvalue weighted by Crippen LogP contribution is -2.72. The van der Waals surface area contributed by atoms with E-state index in [0.717, 1.165) is 11.3 Å². The van der Waals surface area contributed by atoms with Crippen LogP contribution in [0.15, 0.2) is 72.8 Å². The Morgan fingerprint density at radius 1 is 1.03 bits per heavy atom. The first-order valence-electron chi connectivity index (χ1n) is 10.9. The third-order valence-corrected chi connectivity index (χ3v) is 6.66. The third-order valence-electron chi connectivity index (χ3n) is 6.36. The number of benzene rings is 3. The zero-order chi connectivity index (χ0) is 23.9. The molecule has 2 N–H and O–H groups in total. The predicted octanol–water partition coefficient (Wildman–Crippen LogP) is 4.50. The van der Waals surface area contributed by atoms with Crippen molar-refractivity contribution in [3.63, 3.8) is 0 Å². The number of nitrogens with zero attached hydrogens (tertiary/aromatic N) is 1. The lowest BCUT2D eigenvalue weighted by atomic mass is 9.78. The number of para-hydroxylation sites is 2. The highest BCUT2D eigenvalue weighted by atomic mass is 32.1. The molecule has 2 aliphatic rings. The van der Waals surface area contributed by atoms with Crippen LogP contribution in [0.25, 0.3) is 0 Å². The minimum atomic E-state index is -1.12. The Morgan fingerprint density at radius 2 is 1.76 bits per heavy atom. The molecular weight excluding hydrogens is 450 g/mol. The maximum Gasteiger partial charge on any atom is 0.236 e. The molecule has 174 valence electrons. The van der Waals surface area contributed by atoms with Crippen LogP contribution in [0.5, 0.6) is 17.2 Å². The molecule has 2 bridgehead atoms. The van der Waals surface area contributed by atoms with E-state index >= 15 is 0 Å². The van der Waals surface area contributed by atoms with Crippen LogP contribution < -0.4 is 29.7 Å². The second-order valence-electron chi connectivity index (χ2n) is 8.33. The summed E-state index contributed by atoms with van der Waals surface area (Å²) in [6.07, 6.45) is 0. The van der Waals surface area contributed by atoms with Gasteiger partial charge in [0.15, 0.2) is 22.3 Å². The van der Waals surface area contributed by atoms with Crippen LogP contribution >= 0.6 is 12.2 Å². The van der Waals surface area contributed by atoms with Gasteiger partial charge in [-0.05, 0) is 61.6 Å². The third kappa shape index (κ3) is 3.51. The molecule has 3 atom stereocenters. The summed E-state index contributed by atoms with van der Waals surface area (Å²) in [4.78, 5) is 15.7. The quantitative estimate of drug-likeness (QED) is 0.527. The number of thiocarbonyl (C=S) groups is 1. The molecule has 3 aromatic rings. The minimum absolute atomic E-state index is 0.193. The van der Waals surface area contributed by atoms with E-state index in [4.69, 9.17) is 26.4 Å². The van der Waals surface area contributed by atoms with Crippen LogP contribution in [0, 0.1) is 5.92 Å². The standard InChI is InChI=1S/C26H25N3O4S/c1-26-21(24(30)27-16-12-14-18(31-2)15-13-16)22(19-10-7-11-20(32-3)23(19)33-26)28-25(34)29(26)17-8-5-4-6-9-17/h4-15,21-22H,1-3H3,(H,27,30)(H,28,34)/t21-,22-,26+/m1/s1. The monoisotopic (exact) mass is 475 g/mol. The van der Waals surface area contributed by atoms with Gasteiger partial charge in [0.1, 0.15) is 11.7 Å². The van der Waals surface area contributed by atoms with Gasteiger partial charge in [-0.15, -0.1) is 0 Å². The van der Waals surface area contributed by atoms with Crippen molar-refractivity contribution in [2.75, 3.05) is 24.4 Å². The van der Waals surface area contributed by atoms with Gasteiger partial charge < -0.3 is 24.8 Å². The van der Waals surface area contributed by atoms with Gasteiger partial charge in [-0.25, -0.2) is 0 Å². The van der Waals surface area contributed by atoms with Crippen molar-refractivity contribution in [3.8, 4) is 17.2 Å². The number of hydrogen-bond acceptors (Lipinski definition) is 5. The van der Waals surface area contributed by atoms with Crippen LogP contribution in [-0.4, -0.2) is 31.0 Å². The predicted molar refractivity (Wildman–Crippen MR) is 135 cm³/mol. The normalized spacial score (nSPS) is 22.7. The maximum atomic E-state index is 13.8. The summed E-state index contributed by atoms with van der Waals surface area (Å²) in [5.41, 5.74) is 1.19. The first-order valence-corrected chi connectivity index (χ1v) is 11.3. The van der Waals surface area contributed by atoms with Crippen molar-refractivity contribution in [1.82, 2.24) is 5.32 Å². The van der Waals surface area contributed by atoms with Crippen LogP contribution in [0.2, 0.25) is 0 Å². The van der Waals surface area contributed by atoms with Crippen molar-refractivity contribution >= 4 is 34.6 Å². The van der Waals surface area contributed by atoms with Gasteiger partial charge in [0.25, 0.3) is 0 Å². The molecule has 7 nitrogen and oxygen atoms in total. The lowest BCUT2D eigenvalue weighted by Gasteiger charge is -2.56. The molecule has 8 heteroatoms. The van der Waals surface area contributed by atoms with Gasteiger partial charge in [-0.2, -0.15) is 0 Å². The molecule has 5 rings (SSSR count). The van der Waals surface area contributed by atoms with Crippen LogP contribution in [-0.2, 0) is 4.79 Å². The van der Waals surface area contributed by atoms with Crippen molar-refractivity contribution in [3.05, 3.63) is 78.4 Å². The number of hydrogen-bond donors (Lipinski definition) is 2. The van der Waals surface area contributed by atoms with E-state index in [9.17, 15) is 4.79 Å². The highest BCUT2D eigenvalue weighted by molar-refractivity contribution is 7.80. The molecule has 0 aromatic heterocycles. The molecule has 2 aliphatic heterocycles. The first-order chi connectivity index (χ1) is 16.5. The smallest absolute Gasteiger partial charge is 0.236 e. The van der Waals surface area contributed by atoms with Crippen molar-refractivity contribution < 1.29 is 19.0 Å². The fourth-order valence-electron chi connectivity index (χ4n) is 4.79. The van der Waals surface area contributed by atoms with Crippen LogP contribution in [0.3, 0.4) is 0 Å². The Labute approximate surface area is 203 Å². The molecule has 1 saturated heterocycles. The van der Waals surface area contributed by atoms with Gasteiger partial charge >= 0.3 is 0 Å². The zero-order valence-electron chi connectivity index (χ0n) is 19.1. The molecule has 0 radical (unpaired) electrons. The Bertz CT molecular complexity index is 1230. The summed E-state index contributed by atoms with van der Waals surface area (Å²) >= 11 is 5.78. The molecule has 34 heavy (non-hydrogen) atoms. The Balaban J connectivity index is 1.61. The van der Waals surface area contributed by atoms with Crippen molar-refractivity contribution in [1.29, 1.82) is 0 Å². The topological polar surface area (TPSA) is 72.1 Å². The lowest BCUT2D eigenvalue weighted by molar-refractivity contribution is -0.130. The maximum absolute atomic E-state index is 13.8. The zero-order valence-corrected chi connectivity index (χ0v) is 19.9. The number of carbonyl (C=O) groups is 1. The fraction of sp³-hybridized carbons (Fsp3) is 0.231.